The minimum absolute atomic E-state index is 0.0315. The van der Waals surface area contributed by atoms with Crippen molar-refractivity contribution in [3.8, 4) is 0 Å². The molecule has 1 unspecified atom stereocenters. The van der Waals surface area contributed by atoms with Crippen molar-refractivity contribution in [2.24, 2.45) is 10.9 Å². The van der Waals surface area contributed by atoms with Crippen LogP contribution in [0.4, 0.5) is 24.7 Å². The molecule has 1 aromatic heterocycles. The maximum absolute atomic E-state index is 12.9. The first-order chi connectivity index (χ1) is 13.2. The molecule has 9 heteroatoms. The van der Waals surface area contributed by atoms with Gasteiger partial charge >= 0.3 is 6.18 Å². The quantitative estimate of drug-likeness (QED) is 0.662. The molecule has 0 bridgehead atoms. The summed E-state index contributed by atoms with van der Waals surface area (Å²) in [6.45, 7) is 1.98. The minimum atomic E-state index is -4.46. The molecular formula is C19H13Cl2F3N4. The predicted molar refractivity (Wildman–Crippen MR) is 106 cm³/mol. The van der Waals surface area contributed by atoms with E-state index in [1.54, 1.807) is 18.3 Å². The summed E-state index contributed by atoms with van der Waals surface area (Å²) in [5.41, 5.74) is 0.245. The van der Waals surface area contributed by atoms with E-state index in [0.29, 0.717) is 26.9 Å². The Hall–Kier alpha value is -2.51. The standard InChI is InChI=1S/C19H13Cl2F3N4/c1-9-4-12(20)8-25-16(9)10-2-3-13(14(21)5-10)17-27-15-6-11(19(22,23)24)7-26-18(15)28-17/h2-9,27H,1H3,(H,26,28). The van der Waals surface area contributed by atoms with E-state index in [2.05, 4.69) is 20.6 Å². The molecule has 0 fully saturated rings. The average Bonchev–Trinajstić information content (AvgIpc) is 3.03. The number of dihydropyridines is 1. The molecule has 2 aliphatic heterocycles. The zero-order valence-electron chi connectivity index (χ0n) is 14.4. The SMILES string of the molecule is CC1C=C(Cl)C=NC1=c1ccc(=C2Nc3cc(C(F)(F)F)cnc3N2)c(Cl)c1. The number of aromatic nitrogens is 1. The van der Waals surface area contributed by atoms with Gasteiger partial charge in [0.2, 0.25) is 0 Å². The fourth-order valence-electron chi connectivity index (χ4n) is 3.06. The highest BCUT2D eigenvalue weighted by atomic mass is 35.5. The Morgan fingerprint density at radius 2 is 1.89 bits per heavy atom. The normalized spacial score (nSPS) is 22.4. The number of alkyl halides is 3. The van der Waals surface area contributed by atoms with Gasteiger partial charge in [0.05, 0.1) is 27.0 Å². The number of allylic oxidation sites excluding steroid dienone is 1. The van der Waals surface area contributed by atoms with E-state index in [-0.39, 0.29) is 11.6 Å². The number of nitrogens with one attached hydrogen (secondary N) is 2. The fraction of sp³-hybridized carbons (Fsp3) is 0.158. The maximum Gasteiger partial charge on any atom is 0.417 e. The van der Waals surface area contributed by atoms with Crippen molar-refractivity contribution in [2.45, 2.75) is 13.1 Å². The second-order valence-electron chi connectivity index (χ2n) is 6.42. The summed E-state index contributed by atoms with van der Waals surface area (Å²) >= 11 is 12.4. The van der Waals surface area contributed by atoms with Gasteiger partial charge in [-0.25, -0.2) is 4.98 Å². The number of rotatable bonds is 0. The molecule has 1 aromatic carbocycles. The van der Waals surface area contributed by atoms with Gasteiger partial charge in [0, 0.05) is 23.5 Å². The van der Waals surface area contributed by atoms with Crippen molar-refractivity contribution in [1.29, 1.82) is 0 Å². The van der Waals surface area contributed by atoms with E-state index < -0.39 is 11.7 Å². The lowest BCUT2D eigenvalue weighted by molar-refractivity contribution is -0.137. The Balaban J connectivity index is 1.75. The molecule has 1 atom stereocenters. The molecule has 0 saturated heterocycles. The van der Waals surface area contributed by atoms with Crippen LogP contribution in [0.25, 0.3) is 11.5 Å². The van der Waals surface area contributed by atoms with Crippen LogP contribution in [-0.4, -0.2) is 11.2 Å². The van der Waals surface area contributed by atoms with E-state index in [1.165, 1.54) is 0 Å². The molecule has 4 rings (SSSR count). The van der Waals surface area contributed by atoms with Crippen LogP contribution in [0.2, 0.25) is 5.02 Å². The molecule has 0 spiro atoms. The molecule has 0 aliphatic carbocycles. The van der Waals surface area contributed by atoms with Gasteiger partial charge in [-0.1, -0.05) is 42.3 Å². The fourth-order valence-corrected chi connectivity index (χ4v) is 3.57. The number of hydrogen-bond donors (Lipinski definition) is 2. The number of halogens is 5. The second kappa shape index (κ2) is 6.83. The number of nitrogens with zero attached hydrogens (tertiary/aromatic N) is 2. The van der Waals surface area contributed by atoms with Crippen LogP contribution in [0.5, 0.6) is 0 Å². The largest absolute Gasteiger partial charge is 0.417 e. The molecule has 0 radical (unpaired) electrons. The van der Waals surface area contributed by atoms with E-state index in [4.69, 9.17) is 23.2 Å². The molecular weight excluding hydrogens is 412 g/mol. The smallest absolute Gasteiger partial charge is 0.338 e. The zero-order chi connectivity index (χ0) is 20.1. The summed E-state index contributed by atoms with van der Waals surface area (Å²) in [5.74, 6) is 0.804. The predicted octanol–water partition coefficient (Wildman–Crippen LogP) is 4.31. The third-order valence-corrected chi connectivity index (χ3v) is 4.96. The van der Waals surface area contributed by atoms with Crippen LogP contribution in [0.3, 0.4) is 0 Å². The number of pyridine rings is 1. The van der Waals surface area contributed by atoms with Crippen LogP contribution >= 0.6 is 23.2 Å². The molecule has 4 nitrogen and oxygen atoms in total. The molecule has 0 amide bonds. The Morgan fingerprint density at radius 3 is 2.57 bits per heavy atom. The third-order valence-electron chi connectivity index (χ3n) is 4.42. The highest BCUT2D eigenvalue weighted by molar-refractivity contribution is 6.39. The second-order valence-corrected chi connectivity index (χ2v) is 7.26. The van der Waals surface area contributed by atoms with Crippen molar-refractivity contribution < 1.29 is 13.2 Å². The highest BCUT2D eigenvalue weighted by Gasteiger charge is 2.32. The number of hydrogen-bond acceptors (Lipinski definition) is 4. The molecule has 3 heterocycles. The van der Waals surface area contributed by atoms with Gasteiger partial charge in [0.25, 0.3) is 0 Å². The lowest BCUT2D eigenvalue weighted by atomic mass is 10.0. The number of fused-ring (bicyclic) bond motifs is 1. The molecule has 144 valence electrons. The Bertz CT molecular complexity index is 1150. The lowest BCUT2D eigenvalue weighted by Gasteiger charge is -2.12. The molecule has 28 heavy (non-hydrogen) atoms. The first-order valence-corrected chi connectivity index (χ1v) is 9.05. The zero-order valence-corrected chi connectivity index (χ0v) is 15.9. The molecule has 2 aliphatic rings. The van der Waals surface area contributed by atoms with Crippen LogP contribution < -0.4 is 21.1 Å². The summed E-state index contributed by atoms with van der Waals surface area (Å²) < 4.78 is 38.6. The van der Waals surface area contributed by atoms with Gasteiger partial charge < -0.3 is 10.6 Å². The van der Waals surface area contributed by atoms with Gasteiger partial charge in [0.1, 0.15) is 5.82 Å². The van der Waals surface area contributed by atoms with Crippen molar-refractivity contribution in [1.82, 2.24) is 4.98 Å². The summed E-state index contributed by atoms with van der Waals surface area (Å²) in [6.07, 6.45) is -0.203. The first kappa shape index (κ1) is 18.8. The topological polar surface area (TPSA) is 49.3 Å². The lowest BCUT2D eigenvalue weighted by Crippen LogP contribution is -2.20. The minimum Gasteiger partial charge on any atom is -0.338 e. The number of benzene rings is 1. The van der Waals surface area contributed by atoms with Crippen LogP contribution in [-0.2, 0) is 6.18 Å². The van der Waals surface area contributed by atoms with Crippen LogP contribution in [0.15, 0.2) is 46.6 Å². The highest BCUT2D eigenvalue weighted by Crippen LogP contribution is 2.35. The van der Waals surface area contributed by atoms with Gasteiger partial charge in [-0.3, -0.25) is 4.99 Å². The van der Waals surface area contributed by atoms with Gasteiger partial charge in [-0.15, -0.1) is 0 Å². The van der Waals surface area contributed by atoms with Crippen molar-refractivity contribution in [2.75, 3.05) is 10.6 Å². The van der Waals surface area contributed by atoms with E-state index in [1.807, 2.05) is 19.1 Å². The first-order valence-electron chi connectivity index (χ1n) is 8.29. The van der Waals surface area contributed by atoms with Gasteiger partial charge in [-0.2, -0.15) is 13.2 Å². The van der Waals surface area contributed by atoms with Gasteiger partial charge in [-0.05, 0) is 23.4 Å². The Kier molecular flexibility index (Phi) is 4.59. The van der Waals surface area contributed by atoms with Crippen molar-refractivity contribution >= 4 is 52.4 Å². The summed E-state index contributed by atoms with van der Waals surface area (Å²) in [6, 6.07) is 6.40. The molecule has 2 N–H and O–H groups in total. The monoisotopic (exact) mass is 424 g/mol. The van der Waals surface area contributed by atoms with Crippen molar-refractivity contribution in [3.05, 3.63) is 62.6 Å². The van der Waals surface area contributed by atoms with Crippen LogP contribution in [0.1, 0.15) is 12.5 Å². The summed E-state index contributed by atoms with van der Waals surface area (Å²) in [5, 5.41) is 8.33. The average molecular weight is 425 g/mol. The Labute approximate surface area is 168 Å². The number of anilines is 2. The van der Waals surface area contributed by atoms with E-state index >= 15 is 0 Å². The number of aliphatic imine (C=N–C) groups is 1. The van der Waals surface area contributed by atoms with E-state index in [9.17, 15) is 13.2 Å². The molecule has 2 aromatic rings. The molecule has 0 saturated carbocycles. The Morgan fingerprint density at radius 1 is 1.11 bits per heavy atom. The van der Waals surface area contributed by atoms with Crippen molar-refractivity contribution in [3.63, 3.8) is 0 Å². The summed E-state index contributed by atoms with van der Waals surface area (Å²) in [4.78, 5) is 8.21. The van der Waals surface area contributed by atoms with E-state index in [0.717, 1.165) is 23.2 Å². The van der Waals surface area contributed by atoms with Crippen LogP contribution in [0, 0.1) is 5.92 Å². The third kappa shape index (κ3) is 3.47. The summed E-state index contributed by atoms with van der Waals surface area (Å²) in [7, 11) is 0. The maximum atomic E-state index is 12.9. The van der Waals surface area contributed by atoms with Gasteiger partial charge in [0.15, 0.2) is 5.82 Å².